The topological polar surface area (TPSA) is 69.4 Å². The Hall–Kier alpha value is -2.47. The third-order valence-corrected chi connectivity index (χ3v) is 3.08. The predicted octanol–water partition coefficient (Wildman–Crippen LogP) is 3.98. The Bertz CT molecular complexity index is 678. The highest BCUT2D eigenvalue weighted by atomic mass is 79.9. The van der Waals surface area contributed by atoms with Crippen LogP contribution in [0.1, 0.15) is 5.56 Å². The Balaban J connectivity index is 1.98. The zero-order valence-corrected chi connectivity index (χ0v) is 12.3. The van der Waals surface area contributed by atoms with Crippen LogP contribution in [0.5, 0.6) is 5.75 Å². The van der Waals surface area contributed by atoms with E-state index in [9.17, 15) is 14.9 Å². The molecule has 106 valence electrons. The molecule has 0 aliphatic heterocycles. The van der Waals surface area contributed by atoms with Gasteiger partial charge in [0.25, 0.3) is 5.69 Å². The lowest BCUT2D eigenvalue weighted by atomic mass is 10.2. The number of nitro groups is 1. The van der Waals surface area contributed by atoms with Crippen LogP contribution in [-0.2, 0) is 4.79 Å². The summed E-state index contributed by atoms with van der Waals surface area (Å²) >= 11 is 3.29. The molecule has 2 rings (SSSR count). The first kappa shape index (κ1) is 14.9. The maximum atomic E-state index is 11.6. The number of nitro benzene ring substituents is 1. The molecular formula is C15H10BrNO4. The van der Waals surface area contributed by atoms with Gasteiger partial charge in [0.05, 0.1) is 4.92 Å². The van der Waals surface area contributed by atoms with Crippen LogP contribution in [-0.4, -0.2) is 10.9 Å². The van der Waals surface area contributed by atoms with Crippen molar-refractivity contribution >= 4 is 33.7 Å². The molecule has 2 aromatic carbocycles. The maximum Gasteiger partial charge on any atom is 0.336 e. The Morgan fingerprint density at radius 2 is 1.71 bits per heavy atom. The van der Waals surface area contributed by atoms with Crippen molar-refractivity contribution < 1.29 is 14.5 Å². The molecule has 5 nitrogen and oxygen atoms in total. The van der Waals surface area contributed by atoms with Gasteiger partial charge in [-0.15, -0.1) is 0 Å². The molecule has 0 unspecified atom stereocenters. The zero-order valence-electron chi connectivity index (χ0n) is 10.7. The number of carbonyl (C=O) groups is 1. The van der Waals surface area contributed by atoms with Gasteiger partial charge in [-0.1, -0.05) is 15.9 Å². The van der Waals surface area contributed by atoms with Crippen molar-refractivity contribution in [2.45, 2.75) is 0 Å². The fourth-order valence-corrected chi connectivity index (χ4v) is 1.79. The molecule has 0 aromatic heterocycles. The van der Waals surface area contributed by atoms with Crippen molar-refractivity contribution in [2.75, 3.05) is 0 Å². The van der Waals surface area contributed by atoms with Gasteiger partial charge < -0.3 is 4.74 Å². The molecule has 0 atom stereocenters. The first-order valence-corrected chi connectivity index (χ1v) is 6.74. The number of nitrogens with zero attached hydrogens (tertiary/aromatic N) is 1. The van der Waals surface area contributed by atoms with Gasteiger partial charge in [-0.2, -0.15) is 0 Å². The summed E-state index contributed by atoms with van der Waals surface area (Å²) in [6.07, 6.45) is 2.80. The molecule has 0 heterocycles. The number of hydrogen-bond acceptors (Lipinski definition) is 4. The monoisotopic (exact) mass is 347 g/mol. The second-order valence-corrected chi connectivity index (χ2v) is 4.97. The number of hydrogen-bond donors (Lipinski definition) is 0. The van der Waals surface area contributed by atoms with Gasteiger partial charge in [0.15, 0.2) is 0 Å². The summed E-state index contributed by atoms with van der Waals surface area (Å²) in [4.78, 5) is 21.7. The second kappa shape index (κ2) is 6.81. The van der Waals surface area contributed by atoms with Gasteiger partial charge in [0.1, 0.15) is 5.75 Å². The largest absolute Gasteiger partial charge is 0.423 e. The first-order chi connectivity index (χ1) is 10.0. The second-order valence-electron chi connectivity index (χ2n) is 4.06. The summed E-state index contributed by atoms with van der Waals surface area (Å²) in [7, 11) is 0. The summed E-state index contributed by atoms with van der Waals surface area (Å²) in [5.74, 6) is -0.0766. The molecule has 0 saturated heterocycles. The smallest absolute Gasteiger partial charge is 0.336 e. The number of esters is 1. The Kier molecular flexibility index (Phi) is 4.84. The van der Waals surface area contributed by atoms with E-state index in [1.165, 1.54) is 24.3 Å². The number of benzene rings is 2. The third kappa shape index (κ3) is 4.54. The highest BCUT2D eigenvalue weighted by Crippen LogP contribution is 2.17. The molecule has 2 aromatic rings. The van der Waals surface area contributed by atoms with Gasteiger partial charge >= 0.3 is 5.97 Å². The minimum absolute atomic E-state index is 0.00425. The first-order valence-electron chi connectivity index (χ1n) is 5.94. The summed E-state index contributed by atoms with van der Waals surface area (Å²) in [5, 5.41) is 10.5. The number of ether oxygens (including phenoxy) is 1. The van der Waals surface area contributed by atoms with E-state index in [1.807, 2.05) is 0 Å². The van der Waals surface area contributed by atoms with Crippen molar-refractivity contribution in [3.8, 4) is 5.75 Å². The van der Waals surface area contributed by atoms with Crippen molar-refractivity contribution in [2.24, 2.45) is 0 Å². The van der Waals surface area contributed by atoms with E-state index in [2.05, 4.69) is 15.9 Å². The Morgan fingerprint density at radius 3 is 2.29 bits per heavy atom. The highest BCUT2D eigenvalue weighted by molar-refractivity contribution is 9.10. The number of rotatable bonds is 4. The van der Waals surface area contributed by atoms with E-state index in [1.54, 1.807) is 36.4 Å². The molecule has 0 fully saturated rings. The summed E-state index contributed by atoms with van der Waals surface area (Å²) in [5.41, 5.74) is 0.679. The van der Waals surface area contributed by atoms with Gasteiger partial charge in [-0.25, -0.2) is 4.79 Å². The Labute approximate surface area is 129 Å². The van der Waals surface area contributed by atoms with E-state index in [-0.39, 0.29) is 5.69 Å². The van der Waals surface area contributed by atoms with E-state index < -0.39 is 10.9 Å². The Morgan fingerprint density at radius 1 is 1.10 bits per heavy atom. The normalized spacial score (nSPS) is 10.5. The van der Waals surface area contributed by atoms with Crippen LogP contribution in [0, 0.1) is 10.1 Å². The lowest BCUT2D eigenvalue weighted by molar-refractivity contribution is -0.384. The van der Waals surface area contributed by atoms with Crippen LogP contribution in [0.4, 0.5) is 5.69 Å². The predicted molar refractivity (Wildman–Crippen MR) is 81.9 cm³/mol. The van der Waals surface area contributed by atoms with Crippen LogP contribution in [0.25, 0.3) is 6.08 Å². The van der Waals surface area contributed by atoms with Crippen molar-refractivity contribution in [3.63, 3.8) is 0 Å². The third-order valence-electron chi connectivity index (χ3n) is 2.55. The fraction of sp³-hybridized carbons (Fsp3) is 0. The van der Waals surface area contributed by atoms with Gasteiger partial charge in [-0.3, -0.25) is 10.1 Å². The fourth-order valence-electron chi connectivity index (χ4n) is 1.52. The van der Waals surface area contributed by atoms with E-state index in [0.717, 1.165) is 4.47 Å². The molecule has 6 heteroatoms. The molecule has 21 heavy (non-hydrogen) atoms. The van der Waals surface area contributed by atoms with Gasteiger partial charge in [-0.05, 0) is 48.0 Å². The molecule has 0 aliphatic rings. The summed E-state index contributed by atoms with van der Waals surface area (Å²) < 4.78 is 5.99. The molecule has 0 bridgehead atoms. The van der Waals surface area contributed by atoms with Crippen LogP contribution >= 0.6 is 15.9 Å². The van der Waals surface area contributed by atoms with E-state index in [0.29, 0.717) is 11.3 Å². The van der Waals surface area contributed by atoms with Gasteiger partial charge in [0, 0.05) is 22.7 Å². The summed E-state index contributed by atoms with van der Waals surface area (Å²) in [6, 6.07) is 12.7. The van der Waals surface area contributed by atoms with Crippen LogP contribution in [0.3, 0.4) is 0 Å². The van der Waals surface area contributed by atoms with Gasteiger partial charge in [0.2, 0.25) is 0 Å². The van der Waals surface area contributed by atoms with Crippen molar-refractivity contribution in [1.82, 2.24) is 0 Å². The summed E-state index contributed by atoms with van der Waals surface area (Å²) in [6.45, 7) is 0. The SMILES string of the molecule is O=C(C=Cc1ccc([N+](=O)[O-])cc1)Oc1ccc(Br)cc1. The molecule has 0 N–H and O–H groups in total. The molecule has 0 radical (unpaired) electrons. The van der Waals surface area contributed by atoms with E-state index >= 15 is 0 Å². The average Bonchev–Trinajstić information content (AvgIpc) is 2.48. The maximum absolute atomic E-state index is 11.6. The lowest BCUT2D eigenvalue weighted by Gasteiger charge is -2.00. The van der Waals surface area contributed by atoms with E-state index in [4.69, 9.17) is 4.74 Å². The molecule has 0 spiro atoms. The molecular weight excluding hydrogens is 338 g/mol. The molecule has 0 aliphatic carbocycles. The minimum Gasteiger partial charge on any atom is -0.423 e. The number of non-ortho nitro benzene ring substituents is 1. The average molecular weight is 348 g/mol. The lowest BCUT2D eigenvalue weighted by Crippen LogP contribution is -2.03. The quantitative estimate of drug-likeness (QED) is 0.276. The van der Waals surface area contributed by atoms with Crippen LogP contribution in [0.2, 0.25) is 0 Å². The van der Waals surface area contributed by atoms with Crippen molar-refractivity contribution in [1.29, 1.82) is 0 Å². The zero-order chi connectivity index (χ0) is 15.2. The molecule has 0 saturated carbocycles. The van der Waals surface area contributed by atoms with Crippen LogP contribution in [0.15, 0.2) is 59.1 Å². The van der Waals surface area contributed by atoms with Crippen LogP contribution < -0.4 is 4.74 Å². The number of halogens is 1. The number of carbonyl (C=O) groups excluding carboxylic acids is 1. The minimum atomic E-state index is -0.518. The highest BCUT2D eigenvalue weighted by Gasteiger charge is 2.03. The molecule has 0 amide bonds. The van der Waals surface area contributed by atoms with Crippen molar-refractivity contribution in [3.05, 3.63) is 74.8 Å². The standard InChI is InChI=1S/C15H10BrNO4/c16-12-4-8-14(9-5-12)21-15(18)10-3-11-1-6-13(7-2-11)17(19)20/h1-10H.